The van der Waals surface area contributed by atoms with Crippen LogP contribution in [-0.2, 0) is 18.5 Å². The largest absolute Gasteiger partial charge is 0.347 e. The Kier molecular flexibility index (Phi) is 7.80. The average Bonchev–Trinajstić information content (AvgIpc) is 3.31. The highest BCUT2D eigenvalue weighted by Gasteiger charge is 2.18. The van der Waals surface area contributed by atoms with Crippen LogP contribution in [0.4, 0.5) is 5.69 Å². The summed E-state index contributed by atoms with van der Waals surface area (Å²) in [6.45, 7) is 11.6. The summed E-state index contributed by atoms with van der Waals surface area (Å²) < 4.78 is 2.06. The number of hydrogen-bond donors (Lipinski definition) is 2. The number of hydrogen-bond acceptors (Lipinski definition) is 2. The number of amides is 2. The summed E-state index contributed by atoms with van der Waals surface area (Å²) in [6.07, 6.45) is 0. The minimum Gasteiger partial charge on any atom is -0.347 e. The van der Waals surface area contributed by atoms with Crippen molar-refractivity contribution in [1.82, 2.24) is 9.88 Å². The van der Waals surface area contributed by atoms with Gasteiger partial charge in [0.25, 0.3) is 11.8 Å². The van der Waals surface area contributed by atoms with E-state index in [1.165, 1.54) is 16.7 Å². The van der Waals surface area contributed by atoms with Gasteiger partial charge in [-0.15, -0.1) is 0 Å². The van der Waals surface area contributed by atoms with E-state index in [-0.39, 0.29) is 17.2 Å². The predicted octanol–water partition coefficient (Wildman–Crippen LogP) is 7.79. The van der Waals surface area contributed by atoms with Crippen molar-refractivity contribution in [3.8, 4) is 0 Å². The van der Waals surface area contributed by atoms with Gasteiger partial charge in [0.15, 0.2) is 0 Å². The average molecular weight is 544 g/mol. The molecule has 0 spiro atoms. The third-order valence-electron chi connectivity index (χ3n) is 7.53. The molecule has 0 atom stereocenters. The Morgan fingerprint density at radius 3 is 2.22 bits per heavy atom. The lowest BCUT2D eigenvalue weighted by Gasteiger charge is -2.19. The van der Waals surface area contributed by atoms with Crippen LogP contribution in [0, 0.1) is 13.8 Å². The summed E-state index contributed by atoms with van der Waals surface area (Å²) in [5.41, 5.74) is 8.56. The molecule has 0 unspecified atom stereocenters. The van der Waals surface area contributed by atoms with Crippen LogP contribution in [0.3, 0.4) is 0 Å². The minimum atomic E-state index is -0.166. The lowest BCUT2D eigenvalue weighted by atomic mass is 9.87. The van der Waals surface area contributed by atoms with Gasteiger partial charge >= 0.3 is 0 Å². The Bertz CT molecular complexity index is 1710. The van der Waals surface area contributed by atoms with Gasteiger partial charge in [-0.25, -0.2) is 0 Å². The number of carbonyl (C=O) groups excluding carboxylic acids is 2. The topological polar surface area (TPSA) is 63.1 Å². The fraction of sp³-hybridized carbons (Fsp3) is 0.222. The van der Waals surface area contributed by atoms with Crippen LogP contribution >= 0.6 is 0 Å². The van der Waals surface area contributed by atoms with Crippen LogP contribution < -0.4 is 10.6 Å². The lowest BCUT2D eigenvalue weighted by Crippen LogP contribution is -2.25. The van der Waals surface area contributed by atoms with Crippen molar-refractivity contribution in [3.63, 3.8) is 0 Å². The molecule has 0 saturated heterocycles. The van der Waals surface area contributed by atoms with Crippen molar-refractivity contribution in [1.29, 1.82) is 0 Å². The summed E-state index contributed by atoms with van der Waals surface area (Å²) in [7, 11) is 0. The molecule has 41 heavy (non-hydrogen) atoms. The monoisotopic (exact) mass is 543 g/mol. The molecule has 1 aromatic heterocycles. The zero-order valence-electron chi connectivity index (χ0n) is 24.4. The molecular weight excluding hydrogens is 506 g/mol. The first-order valence-electron chi connectivity index (χ1n) is 14.0. The van der Waals surface area contributed by atoms with Crippen molar-refractivity contribution in [2.75, 3.05) is 5.32 Å². The van der Waals surface area contributed by atoms with Crippen molar-refractivity contribution in [3.05, 3.63) is 136 Å². The molecule has 0 fully saturated rings. The van der Waals surface area contributed by atoms with E-state index in [0.29, 0.717) is 30.0 Å². The van der Waals surface area contributed by atoms with Crippen LogP contribution in [0.1, 0.15) is 69.4 Å². The van der Waals surface area contributed by atoms with E-state index < -0.39 is 0 Å². The number of nitrogens with zero attached hydrogens (tertiary/aromatic N) is 1. The van der Waals surface area contributed by atoms with E-state index in [4.69, 9.17) is 0 Å². The van der Waals surface area contributed by atoms with Gasteiger partial charge in [-0.05, 0) is 77.9 Å². The van der Waals surface area contributed by atoms with Gasteiger partial charge in [0.2, 0.25) is 0 Å². The molecule has 5 heteroatoms. The van der Waals surface area contributed by atoms with E-state index in [1.54, 1.807) is 0 Å². The Labute approximate surface area is 242 Å². The fourth-order valence-electron chi connectivity index (χ4n) is 5.04. The Balaban J connectivity index is 1.45. The van der Waals surface area contributed by atoms with Crippen molar-refractivity contribution in [2.45, 2.75) is 53.1 Å². The Hall–Kier alpha value is -4.64. The van der Waals surface area contributed by atoms with Gasteiger partial charge in [-0.3, -0.25) is 9.59 Å². The standard InChI is InChI=1S/C36H37N3O2/c1-24-11-12-25(2)29(19-24)23-39-32-18-17-31(38-34(40)27-13-15-30(16-14-27)36(3,4)5)20-28(32)21-33(39)35(41)37-22-26-9-7-6-8-10-26/h6-21H,22-23H2,1-5H3,(H,37,41)(H,38,40). The predicted molar refractivity (Wildman–Crippen MR) is 168 cm³/mol. The number of carbonyl (C=O) groups is 2. The molecule has 0 saturated carbocycles. The summed E-state index contributed by atoms with van der Waals surface area (Å²) in [5.74, 6) is -0.305. The number of benzene rings is 4. The molecule has 4 aromatic carbocycles. The first kappa shape index (κ1) is 27.9. The van der Waals surface area contributed by atoms with Crippen LogP contribution in [0.25, 0.3) is 10.9 Å². The van der Waals surface area contributed by atoms with E-state index in [9.17, 15) is 9.59 Å². The van der Waals surface area contributed by atoms with Crippen LogP contribution in [0.15, 0.2) is 97.1 Å². The second kappa shape index (κ2) is 11.5. The molecule has 0 aliphatic carbocycles. The summed E-state index contributed by atoms with van der Waals surface area (Å²) in [6, 6.07) is 31.7. The van der Waals surface area contributed by atoms with Gasteiger partial charge in [-0.1, -0.05) is 87.0 Å². The molecule has 0 radical (unpaired) electrons. The van der Waals surface area contributed by atoms with E-state index in [2.05, 4.69) is 68.0 Å². The normalized spacial score (nSPS) is 11.4. The maximum atomic E-state index is 13.5. The molecule has 5 nitrogen and oxygen atoms in total. The summed E-state index contributed by atoms with van der Waals surface area (Å²) in [4.78, 5) is 26.5. The minimum absolute atomic E-state index is 0.0231. The van der Waals surface area contributed by atoms with Crippen LogP contribution in [0.2, 0.25) is 0 Å². The highest BCUT2D eigenvalue weighted by molar-refractivity contribution is 6.06. The second-order valence-corrected chi connectivity index (χ2v) is 11.8. The second-order valence-electron chi connectivity index (χ2n) is 11.8. The van der Waals surface area contributed by atoms with E-state index in [1.807, 2.05) is 78.9 Å². The quantitative estimate of drug-likeness (QED) is 0.220. The summed E-state index contributed by atoms with van der Waals surface area (Å²) >= 11 is 0. The molecule has 208 valence electrons. The number of anilines is 1. The molecule has 2 N–H and O–H groups in total. The first-order valence-corrected chi connectivity index (χ1v) is 14.0. The molecule has 0 aliphatic rings. The van der Waals surface area contributed by atoms with Crippen molar-refractivity contribution >= 4 is 28.4 Å². The lowest BCUT2D eigenvalue weighted by molar-refractivity contribution is 0.0941. The van der Waals surface area contributed by atoms with Crippen molar-refractivity contribution < 1.29 is 9.59 Å². The van der Waals surface area contributed by atoms with Crippen LogP contribution in [0.5, 0.6) is 0 Å². The molecular formula is C36H37N3O2. The van der Waals surface area contributed by atoms with E-state index in [0.717, 1.165) is 22.0 Å². The molecule has 5 rings (SSSR count). The zero-order chi connectivity index (χ0) is 29.1. The van der Waals surface area contributed by atoms with Crippen molar-refractivity contribution in [2.24, 2.45) is 0 Å². The van der Waals surface area contributed by atoms with Gasteiger partial charge in [0, 0.05) is 35.2 Å². The first-order chi connectivity index (χ1) is 19.6. The highest BCUT2D eigenvalue weighted by Crippen LogP contribution is 2.27. The van der Waals surface area contributed by atoms with Gasteiger partial charge < -0.3 is 15.2 Å². The maximum absolute atomic E-state index is 13.5. The molecule has 0 aliphatic heterocycles. The molecule has 2 amide bonds. The Morgan fingerprint density at radius 1 is 0.780 bits per heavy atom. The Morgan fingerprint density at radius 2 is 1.51 bits per heavy atom. The fourth-order valence-corrected chi connectivity index (χ4v) is 5.04. The van der Waals surface area contributed by atoms with Crippen LogP contribution in [-0.4, -0.2) is 16.4 Å². The van der Waals surface area contributed by atoms with E-state index >= 15 is 0 Å². The maximum Gasteiger partial charge on any atom is 0.268 e. The van der Waals surface area contributed by atoms with Gasteiger partial charge in [0.05, 0.1) is 0 Å². The number of rotatable bonds is 7. The van der Waals surface area contributed by atoms with Gasteiger partial charge in [0.1, 0.15) is 5.69 Å². The molecule has 5 aromatic rings. The SMILES string of the molecule is Cc1ccc(C)c(Cn2c(C(=O)NCc3ccccc3)cc3cc(NC(=O)c4ccc(C(C)(C)C)cc4)ccc32)c1. The third kappa shape index (κ3) is 6.41. The summed E-state index contributed by atoms with van der Waals surface area (Å²) in [5, 5.41) is 7.00. The number of aryl methyl sites for hydroxylation is 2. The highest BCUT2D eigenvalue weighted by atomic mass is 16.2. The number of fused-ring (bicyclic) bond motifs is 1. The zero-order valence-corrected chi connectivity index (χ0v) is 24.4. The van der Waals surface area contributed by atoms with Gasteiger partial charge in [-0.2, -0.15) is 0 Å². The third-order valence-corrected chi connectivity index (χ3v) is 7.53. The number of nitrogens with one attached hydrogen (secondary N) is 2. The molecule has 1 heterocycles. The molecule has 0 bridgehead atoms. The smallest absolute Gasteiger partial charge is 0.268 e. The number of aromatic nitrogens is 1.